The van der Waals surface area contributed by atoms with Crippen molar-refractivity contribution in [2.45, 2.75) is 72.5 Å². The van der Waals surface area contributed by atoms with Crippen molar-refractivity contribution >= 4 is 35.0 Å². The lowest BCUT2D eigenvalue weighted by atomic mass is 10.0. The minimum atomic E-state index is -0.611. The summed E-state index contributed by atoms with van der Waals surface area (Å²) in [6, 6.07) is 10.8. The maximum atomic E-state index is 13.5. The summed E-state index contributed by atoms with van der Waals surface area (Å²) in [6.07, 6.45) is 1.51. The summed E-state index contributed by atoms with van der Waals surface area (Å²) >= 11 is 12.8. The van der Waals surface area contributed by atoms with Crippen LogP contribution in [0.25, 0.3) is 0 Å². The molecule has 4 nitrogen and oxygen atoms in total. The summed E-state index contributed by atoms with van der Waals surface area (Å²) in [5.74, 6) is -0.291. The van der Waals surface area contributed by atoms with Gasteiger partial charge in [0.1, 0.15) is 6.04 Å². The van der Waals surface area contributed by atoms with E-state index in [4.69, 9.17) is 23.2 Å². The van der Waals surface area contributed by atoms with Crippen molar-refractivity contribution in [2.75, 3.05) is 0 Å². The molecule has 0 spiro atoms. The molecule has 0 bridgehead atoms. The Morgan fingerprint density at radius 1 is 1.00 bits per heavy atom. The first-order chi connectivity index (χ1) is 14.7. The molecule has 0 aliphatic carbocycles. The molecule has 2 aromatic rings. The zero-order valence-corrected chi connectivity index (χ0v) is 20.5. The largest absolute Gasteiger partial charge is 0.352 e. The van der Waals surface area contributed by atoms with Crippen LogP contribution in [-0.4, -0.2) is 28.8 Å². The van der Waals surface area contributed by atoms with E-state index in [1.807, 2.05) is 46.8 Å². The van der Waals surface area contributed by atoms with E-state index in [9.17, 15) is 9.59 Å². The maximum absolute atomic E-state index is 13.5. The summed E-state index contributed by atoms with van der Waals surface area (Å²) in [4.78, 5) is 28.1. The summed E-state index contributed by atoms with van der Waals surface area (Å²) in [5.41, 5.74) is 3.78. The zero-order valence-electron chi connectivity index (χ0n) is 19.0. The van der Waals surface area contributed by atoms with Gasteiger partial charge in [0.05, 0.1) is 6.42 Å². The first-order valence-electron chi connectivity index (χ1n) is 10.8. The van der Waals surface area contributed by atoms with E-state index in [0.717, 1.165) is 23.1 Å². The number of nitrogens with one attached hydrogen (secondary N) is 1. The molecule has 2 rings (SSSR count). The highest BCUT2D eigenvalue weighted by molar-refractivity contribution is 6.36. The normalized spacial score (nSPS) is 12.9. The van der Waals surface area contributed by atoms with E-state index >= 15 is 0 Å². The lowest BCUT2D eigenvalue weighted by Crippen LogP contribution is -2.51. The van der Waals surface area contributed by atoms with Crippen LogP contribution >= 0.6 is 23.2 Å². The van der Waals surface area contributed by atoms with Crippen LogP contribution in [0.4, 0.5) is 0 Å². The van der Waals surface area contributed by atoms with Gasteiger partial charge in [-0.15, -0.1) is 0 Å². The van der Waals surface area contributed by atoms with E-state index in [1.165, 1.54) is 0 Å². The highest BCUT2D eigenvalue weighted by Crippen LogP contribution is 2.27. The number of carbonyl (C=O) groups is 2. The molecule has 0 saturated heterocycles. The smallest absolute Gasteiger partial charge is 0.243 e. The van der Waals surface area contributed by atoms with E-state index in [2.05, 4.69) is 11.4 Å². The van der Waals surface area contributed by atoms with E-state index in [-0.39, 0.29) is 30.8 Å². The Morgan fingerprint density at radius 2 is 1.58 bits per heavy atom. The van der Waals surface area contributed by atoms with Crippen LogP contribution < -0.4 is 5.32 Å². The van der Waals surface area contributed by atoms with Gasteiger partial charge in [-0.25, -0.2) is 0 Å². The number of rotatable bonds is 9. The van der Waals surface area contributed by atoms with Crippen LogP contribution in [0.2, 0.25) is 10.0 Å². The summed E-state index contributed by atoms with van der Waals surface area (Å²) in [5, 5.41) is 3.98. The van der Waals surface area contributed by atoms with Gasteiger partial charge >= 0.3 is 0 Å². The van der Waals surface area contributed by atoms with Crippen LogP contribution in [0.5, 0.6) is 0 Å². The van der Waals surface area contributed by atoms with E-state index < -0.39 is 6.04 Å². The van der Waals surface area contributed by atoms with Crippen molar-refractivity contribution in [3.63, 3.8) is 0 Å². The third-order valence-electron chi connectivity index (χ3n) is 5.41. The number of benzene rings is 2. The van der Waals surface area contributed by atoms with Gasteiger partial charge in [0.25, 0.3) is 0 Å². The van der Waals surface area contributed by atoms with Gasteiger partial charge in [0.2, 0.25) is 11.8 Å². The number of aryl methyl sites for hydroxylation is 2. The number of amides is 2. The number of nitrogens with zero attached hydrogens (tertiary/aromatic N) is 1. The van der Waals surface area contributed by atoms with Gasteiger partial charge in [0, 0.05) is 28.2 Å². The van der Waals surface area contributed by atoms with E-state index in [0.29, 0.717) is 22.0 Å². The molecule has 0 unspecified atom stereocenters. The standard InChI is InChI=1S/C25H32Cl2N2O2/c1-6-18(5)28-25(31)23(7-2)29(15-20-21(26)9-8-10-22(20)27)24(30)14-19-12-16(3)11-17(4)13-19/h8-13,18,23H,6-7,14-15H2,1-5H3,(H,28,31)/t18-,23-/m1/s1. The third-order valence-corrected chi connectivity index (χ3v) is 6.12. The zero-order chi connectivity index (χ0) is 23.1. The predicted molar refractivity (Wildman–Crippen MR) is 129 cm³/mol. The molecule has 31 heavy (non-hydrogen) atoms. The Bertz CT molecular complexity index is 889. The molecule has 2 atom stereocenters. The topological polar surface area (TPSA) is 49.4 Å². The van der Waals surface area contributed by atoms with Crippen LogP contribution in [0.15, 0.2) is 36.4 Å². The van der Waals surface area contributed by atoms with Crippen LogP contribution in [0, 0.1) is 13.8 Å². The van der Waals surface area contributed by atoms with Gasteiger partial charge < -0.3 is 10.2 Å². The summed E-state index contributed by atoms with van der Waals surface area (Å²) < 4.78 is 0. The maximum Gasteiger partial charge on any atom is 0.243 e. The molecular formula is C25H32Cl2N2O2. The number of hydrogen-bond donors (Lipinski definition) is 1. The van der Waals surface area contributed by atoms with Crippen LogP contribution in [0.3, 0.4) is 0 Å². The van der Waals surface area contributed by atoms with Crippen molar-refractivity contribution in [1.82, 2.24) is 10.2 Å². The Hall–Kier alpha value is -2.04. The highest BCUT2D eigenvalue weighted by Gasteiger charge is 2.30. The molecule has 0 aromatic heterocycles. The fraction of sp³-hybridized carbons (Fsp3) is 0.440. The third kappa shape index (κ3) is 6.98. The van der Waals surface area contributed by atoms with Crippen LogP contribution in [0.1, 0.15) is 55.9 Å². The minimum Gasteiger partial charge on any atom is -0.352 e. The Balaban J connectivity index is 2.39. The molecule has 2 amide bonds. The summed E-state index contributed by atoms with van der Waals surface area (Å²) in [7, 11) is 0. The molecule has 6 heteroatoms. The lowest BCUT2D eigenvalue weighted by Gasteiger charge is -2.32. The second-order valence-corrected chi connectivity index (χ2v) is 8.95. The lowest BCUT2D eigenvalue weighted by molar-refractivity contribution is -0.141. The fourth-order valence-electron chi connectivity index (χ4n) is 3.66. The molecule has 0 saturated carbocycles. The number of hydrogen-bond acceptors (Lipinski definition) is 2. The second-order valence-electron chi connectivity index (χ2n) is 8.14. The quantitative estimate of drug-likeness (QED) is 0.505. The molecule has 0 aliphatic heterocycles. The SMILES string of the molecule is CC[C@@H](C)NC(=O)[C@@H](CC)N(Cc1c(Cl)cccc1Cl)C(=O)Cc1cc(C)cc(C)c1. The monoisotopic (exact) mass is 462 g/mol. The van der Waals surface area contributed by atoms with Gasteiger partial charge in [-0.05, 0) is 51.3 Å². The van der Waals surface area contributed by atoms with Crippen molar-refractivity contribution in [3.8, 4) is 0 Å². The number of halogens is 2. The fourth-order valence-corrected chi connectivity index (χ4v) is 4.18. The first kappa shape index (κ1) is 25.2. The molecule has 0 fully saturated rings. The summed E-state index contributed by atoms with van der Waals surface area (Å²) in [6.45, 7) is 10.1. The molecule has 0 radical (unpaired) electrons. The number of carbonyl (C=O) groups excluding carboxylic acids is 2. The van der Waals surface area contributed by atoms with Gasteiger partial charge in [-0.1, -0.05) is 72.4 Å². The minimum absolute atomic E-state index is 0.0295. The van der Waals surface area contributed by atoms with Crippen molar-refractivity contribution in [3.05, 3.63) is 68.7 Å². The van der Waals surface area contributed by atoms with Gasteiger partial charge in [0.15, 0.2) is 0 Å². The average Bonchev–Trinajstić information content (AvgIpc) is 2.68. The molecule has 0 heterocycles. The van der Waals surface area contributed by atoms with Crippen molar-refractivity contribution in [2.24, 2.45) is 0 Å². The molecule has 0 aliphatic rings. The molecule has 2 aromatic carbocycles. The van der Waals surface area contributed by atoms with E-state index in [1.54, 1.807) is 23.1 Å². The molecular weight excluding hydrogens is 431 g/mol. The highest BCUT2D eigenvalue weighted by atomic mass is 35.5. The van der Waals surface area contributed by atoms with Crippen molar-refractivity contribution in [1.29, 1.82) is 0 Å². The van der Waals surface area contributed by atoms with Gasteiger partial charge in [-0.3, -0.25) is 9.59 Å². The van der Waals surface area contributed by atoms with Crippen molar-refractivity contribution < 1.29 is 9.59 Å². The predicted octanol–water partition coefficient (Wildman–Crippen LogP) is 5.87. The molecule has 168 valence electrons. The first-order valence-corrected chi connectivity index (χ1v) is 11.5. The average molecular weight is 463 g/mol. The van der Waals surface area contributed by atoms with Gasteiger partial charge in [-0.2, -0.15) is 0 Å². The Morgan fingerprint density at radius 3 is 2.10 bits per heavy atom. The Labute approximate surface area is 195 Å². The second kappa shape index (κ2) is 11.5. The molecule has 1 N–H and O–H groups in total. The van der Waals surface area contributed by atoms with Crippen LogP contribution in [-0.2, 0) is 22.6 Å². The Kier molecular flexibility index (Phi) is 9.39.